The number of aliphatic hydroxyl groups is 1. The average Bonchev–Trinajstić information content (AvgIpc) is 2.60. The van der Waals surface area contributed by atoms with Crippen molar-refractivity contribution in [1.29, 1.82) is 0 Å². The number of aliphatic hydroxyl groups excluding tert-OH is 1. The van der Waals surface area contributed by atoms with E-state index in [0.29, 0.717) is 19.7 Å². The van der Waals surface area contributed by atoms with Gasteiger partial charge < -0.3 is 19.9 Å². The number of para-hydroxylation sites is 1. The van der Waals surface area contributed by atoms with Crippen molar-refractivity contribution >= 4 is 0 Å². The molecule has 0 aliphatic heterocycles. The molecule has 1 unspecified atom stereocenters. The molecule has 0 fully saturated rings. The Balaban J connectivity index is 1.58. The highest BCUT2D eigenvalue weighted by Gasteiger charge is 2.12. The van der Waals surface area contributed by atoms with Crippen LogP contribution in [-0.2, 0) is 5.41 Å². The Morgan fingerprint density at radius 2 is 1.56 bits per heavy atom. The zero-order chi connectivity index (χ0) is 18.1. The molecule has 0 aromatic heterocycles. The molecule has 2 N–H and O–H groups in total. The molecule has 0 aliphatic carbocycles. The van der Waals surface area contributed by atoms with Crippen LogP contribution in [0.2, 0.25) is 0 Å². The number of hydrogen-bond donors (Lipinski definition) is 2. The Morgan fingerprint density at radius 1 is 0.920 bits per heavy atom. The van der Waals surface area contributed by atoms with Gasteiger partial charge in [0.05, 0.1) is 0 Å². The van der Waals surface area contributed by atoms with E-state index in [1.807, 2.05) is 42.5 Å². The van der Waals surface area contributed by atoms with Crippen LogP contribution in [0.1, 0.15) is 26.3 Å². The summed E-state index contributed by atoms with van der Waals surface area (Å²) < 4.78 is 11.2. The highest BCUT2D eigenvalue weighted by atomic mass is 16.5. The van der Waals surface area contributed by atoms with Crippen LogP contribution in [0.4, 0.5) is 0 Å². The minimum Gasteiger partial charge on any atom is -0.492 e. The predicted octanol–water partition coefficient (Wildman–Crippen LogP) is 3.39. The third-order valence-electron chi connectivity index (χ3n) is 3.83. The Bertz CT molecular complexity index is 605. The van der Waals surface area contributed by atoms with Crippen molar-refractivity contribution < 1.29 is 14.6 Å². The number of hydrogen-bond acceptors (Lipinski definition) is 4. The van der Waals surface area contributed by atoms with Gasteiger partial charge in [-0.3, -0.25) is 0 Å². The van der Waals surface area contributed by atoms with E-state index in [0.717, 1.165) is 11.5 Å². The van der Waals surface area contributed by atoms with Crippen LogP contribution >= 0.6 is 0 Å². The number of benzene rings is 2. The second-order valence-corrected chi connectivity index (χ2v) is 7.10. The lowest BCUT2D eigenvalue weighted by Gasteiger charge is -2.19. The van der Waals surface area contributed by atoms with Crippen molar-refractivity contribution in [2.24, 2.45) is 0 Å². The summed E-state index contributed by atoms with van der Waals surface area (Å²) in [6.45, 7) is 8.55. The molecule has 25 heavy (non-hydrogen) atoms. The van der Waals surface area contributed by atoms with E-state index >= 15 is 0 Å². The summed E-state index contributed by atoms with van der Waals surface area (Å²) in [6.07, 6.45) is -0.550. The van der Waals surface area contributed by atoms with Crippen LogP contribution in [0, 0.1) is 0 Å². The summed E-state index contributed by atoms with van der Waals surface area (Å²) in [5.41, 5.74) is 1.44. The van der Waals surface area contributed by atoms with Gasteiger partial charge in [-0.2, -0.15) is 0 Å². The van der Waals surface area contributed by atoms with Gasteiger partial charge in [0.25, 0.3) is 0 Å². The van der Waals surface area contributed by atoms with Crippen LogP contribution in [-0.4, -0.2) is 37.5 Å². The largest absolute Gasteiger partial charge is 0.492 e. The first-order chi connectivity index (χ1) is 11.9. The maximum Gasteiger partial charge on any atom is 0.119 e. The smallest absolute Gasteiger partial charge is 0.119 e. The zero-order valence-electron chi connectivity index (χ0n) is 15.4. The zero-order valence-corrected chi connectivity index (χ0v) is 15.4. The van der Waals surface area contributed by atoms with Gasteiger partial charge in [0.15, 0.2) is 0 Å². The lowest BCUT2D eigenvalue weighted by Crippen LogP contribution is -2.33. The van der Waals surface area contributed by atoms with Gasteiger partial charge in [0.2, 0.25) is 0 Å². The van der Waals surface area contributed by atoms with Crippen LogP contribution in [0.15, 0.2) is 54.6 Å². The Hall–Kier alpha value is -2.04. The maximum atomic E-state index is 9.91. The van der Waals surface area contributed by atoms with Crippen molar-refractivity contribution in [3.05, 3.63) is 60.2 Å². The van der Waals surface area contributed by atoms with Gasteiger partial charge in [0, 0.05) is 13.1 Å². The summed E-state index contributed by atoms with van der Waals surface area (Å²) in [4.78, 5) is 0. The molecule has 2 aromatic carbocycles. The first kappa shape index (κ1) is 19.3. The molecule has 0 saturated heterocycles. The molecular formula is C21H29NO3. The first-order valence-electron chi connectivity index (χ1n) is 8.75. The topological polar surface area (TPSA) is 50.7 Å². The lowest BCUT2D eigenvalue weighted by molar-refractivity contribution is 0.105. The summed E-state index contributed by atoms with van der Waals surface area (Å²) in [5, 5.41) is 13.1. The molecule has 4 nitrogen and oxygen atoms in total. The van der Waals surface area contributed by atoms with E-state index in [1.165, 1.54) is 5.56 Å². The van der Waals surface area contributed by atoms with Crippen molar-refractivity contribution in [1.82, 2.24) is 5.32 Å². The van der Waals surface area contributed by atoms with Gasteiger partial charge in [0.1, 0.15) is 30.8 Å². The van der Waals surface area contributed by atoms with Crippen LogP contribution in [0.3, 0.4) is 0 Å². The second kappa shape index (κ2) is 9.44. The molecule has 4 heteroatoms. The molecule has 0 saturated carbocycles. The fraction of sp³-hybridized carbons (Fsp3) is 0.429. The third-order valence-corrected chi connectivity index (χ3v) is 3.83. The fourth-order valence-corrected chi connectivity index (χ4v) is 2.33. The molecular weight excluding hydrogens is 314 g/mol. The molecule has 0 bridgehead atoms. The van der Waals surface area contributed by atoms with Crippen molar-refractivity contribution in [2.45, 2.75) is 32.3 Å². The maximum absolute atomic E-state index is 9.91. The van der Waals surface area contributed by atoms with Crippen LogP contribution < -0.4 is 14.8 Å². The number of rotatable bonds is 9. The molecule has 2 aromatic rings. The Labute approximate surface area is 150 Å². The summed E-state index contributed by atoms with van der Waals surface area (Å²) >= 11 is 0. The third kappa shape index (κ3) is 7.16. The summed E-state index contributed by atoms with van der Waals surface area (Å²) in [5.74, 6) is 1.63. The monoisotopic (exact) mass is 343 g/mol. The summed E-state index contributed by atoms with van der Waals surface area (Å²) in [7, 11) is 0. The SMILES string of the molecule is CC(C)(C)c1ccc(OCCNCC(O)COc2ccccc2)cc1. The van der Waals surface area contributed by atoms with Gasteiger partial charge in [-0.15, -0.1) is 0 Å². The summed E-state index contributed by atoms with van der Waals surface area (Å²) in [6, 6.07) is 17.7. The number of nitrogens with one attached hydrogen (secondary N) is 1. The predicted molar refractivity (Wildman–Crippen MR) is 101 cm³/mol. The highest BCUT2D eigenvalue weighted by molar-refractivity contribution is 5.31. The second-order valence-electron chi connectivity index (χ2n) is 7.10. The average molecular weight is 343 g/mol. The minimum absolute atomic E-state index is 0.151. The fourth-order valence-electron chi connectivity index (χ4n) is 2.33. The van der Waals surface area contributed by atoms with E-state index in [-0.39, 0.29) is 12.0 Å². The lowest BCUT2D eigenvalue weighted by atomic mass is 9.87. The molecule has 0 heterocycles. The van der Waals surface area contributed by atoms with Crippen LogP contribution in [0.5, 0.6) is 11.5 Å². The Morgan fingerprint density at radius 3 is 2.20 bits per heavy atom. The van der Waals surface area contributed by atoms with Crippen molar-refractivity contribution in [3.8, 4) is 11.5 Å². The molecule has 136 valence electrons. The molecule has 2 rings (SSSR count). The van der Waals surface area contributed by atoms with E-state index < -0.39 is 6.10 Å². The minimum atomic E-state index is -0.550. The first-order valence-corrected chi connectivity index (χ1v) is 8.75. The van der Waals surface area contributed by atoms with Gasteiger partial charge in [-0.25, -0.2) is 0 Å². The molecule has 0 spiro atoms. The molecule has 0 radical (unpaired) electrons. The Kier molecular flexibility index (Phi) is 7.29. The highest BCUT2D eigenvalue weighted by Crippen LogP contribution is 2.24. The van der Waals surface area contributed by atoms with Crippen LogP contribution in [0.25, 0.3) is 0 Å². The molecule has 0 aliphatic rings. The van der Waals surface area contributed by atoms with Gasteiger partial charge >= 0.3 is 0 Å². The normalized spacial score (nSPS) is 12.6. The van der Waals surface area contributed by atoms with E-state index in [1.54, 1.807) is 0 Å². The molecule has 0 amide bonds. The van der Waals surface area contributed by atoms with Gasteiger partial charge in [-0.05, 0) is 35.2 Å². The van der Waals surface area contributed by atoms with E-state index in [9.17, 15) is 5.11 Å². The van der Waals surface area contributed by atoms with Crippen molar-refractivity contribution in [3.63, 3.8) is 0 Å². The van der Waals surface area contributed by atoms with E-state index in [2.05, 4.69) is 38.2 Å². The molecule has 1 atom stereocenters. The standard InChI is InChI=1S/C21H29NO3/c1-21(2,3)17-9-11-20(12-10-17)24-14-13-22-15-18(23)16-25-19-7-5-4-6-8-19/h4-12,18,22-23H,13-16H2,1-3H3. The van der Waals surface area contributed by atoms with E-state index in [4.69, 9.17) is 9.47 Å². The van der Waals surface area contributed by atoms with Gasteiger partial charge in [-0.1, -0.05) is 51.1 Å². The van der Waals surface area contributed by atoms with Crippen molar-refractivity contribution in [2.75, 3.05) is 26.3 Å². The number of ether oxygens (including phenoxy) is 2. The quantitative estimate of drug-likeness (QED) is 0.685.